The van der Waals surface area contributed by atoms with Crippen LogP contribution in [0.3, 0.4) is 0 Å². The molecule has 0 saturated heterocycles. The molecule has 70 valence electrons. The van der Waals surface area contributed by atoms with Crippen LogP contribution in [0.15, 0.2) is 30.6 Å². The van der Waals surface area contributed by atoms with Gasteiger partial charge >= 0.3 is 6.01 Å². The molecule has 0 unspecified atom stereocenters. The molecule has 0 aliphatic rings. The zero-order chi connectivity index (χ0) is 9.97. The van der Waals surface area contributed by atoms with Crippen LogP contribution in [0.5, 0.6) is 6.01 Å². The molecule has 0 aliphatic heterocycles. The third-order valence-electron chi connectivity index (χ3n) is 1.63. The average molecular weight is 208 g/mol. The lowest BCUT2D eigenvalue weighted by Gasteiger charge is -1.99. The number of nitrogens with zero attached hydrogens (tertiary/aromatic N) is 3. The van der Waals surface area contributed by atoms with Gasteiger partial charge in [-0.3, -0.25) is 4.98 Å². The zero-order valence-electron chi connectivity index (χ0n) is 7.05. The quantitative estimate of drug-likeness (QED) is 0.776. The Kier molecular flexibility index (Phi) is 2.28. The Hall–Kier alpha value is -1.68. The summed E-state index contributed by atoms with van der Waals surface area (Å²) in [5, 5.41) is 9.64. The first-order valence-corrected chi connectivity index (χ1v) is 4.27. The molecule has 14 heavy (non-hydrogen) atoms. The zero-order valence-corrected chi connectivity index (χ0v) is 7.81. The van der Waals surface area contributed by atoms with Crippen LogP contribution < -0.4 is 0 Å². The molecule has 0 atom stereocenters. The topological polar surface area (TPSA) is 58.9 Å². The number of hydrogen-bond acceptors (Lipinski definition) is 4. The van der Waals surface area contributed by atoms with E-state index in [1.807, 2.05) is 0 Å². The second-order valence-electron chi connectivity index (χ2n) is 2.60. The molecule has 0 radical (unpaired) electrons. The highest BCUT2D eigenvalue weighted by atomic mass is 35.5. The minimum absolute atomic E-state index is 0.274. The second kappa shape index (κ2) is 3.59. The van der Waals surface area contributed by atoms with Gasteiger partial charge in [0, 0.05) is 17.4 Å². The van der Waals surface area contributed by atoms with Gasteiger partial charge in [0.15, 0.2) is 0 Å². The Labute approximate surface area is 85.2 Å². The van der Waals surface area contributed by atoms with Crippen molar-refractivity contribution in [1.82, 2.24) is 15.0 Å². The summed E-state index contributed by atoms with van der Waals surface area (Å²) >= 11 is 5.79. The molecule has 2 rings (SSSR count). The van der Waals surface area contributed by atoms with Gasteiger partial charge in [-0.15, -0.1) is 0 Å². The summed E-state index contributed by atoms with van der Waals surface area (Å²) in [5.74, 6) is 0. The van der Waals surface area contributed by atoms with Gasteiger partial charge in [-0.25, -0.2) is 4.98 Å². The van der Waals surface area contributed by atoms with Crippen molar-refractivity contribution >= 4 is 11.6 Å². The monoisotopic (exact) mass is 207 g/mol. The highest BCUT2D eigenvalue weighted by molar-refractivity contribution is 6.30. The number of aromatic nitrogens is 3. The van der Waals surface area contributed by atoms with E-state index in [1.54, 1.807) is 24.4 Å². The molecule has 2 aromatic rings. The van der Waals surface area contributed by atoms with Gasteiger partial charge in [-0.2, -0.15) is 4.98 Å². The maximum absolute atomic E-state index is 9.06. The highest BCUT2D eigenvalue weighted by Gasteiger charge is 2.02. The first-order chi connectivity index (χ1) is 6.75. The van der Waals surface area contributed by atoms with Crippen LogP contribution in [0.25, 0.3) is 11.4 Å². The molecule has 0 saturated carbocycles. The normalized spacial score (nSPS) is 10.1. The van der Waals surface area contributed by atoms with E-state index in [2.05, 4.69) is 15.0 Å². The molecule has 0 spiro atoms. The minimum Gasteiger partial charge on any atom is -0.479 e. The second-order valence-corrected chi connectivity index (χ2v) is 3.04. The largest absolute Gasteiger partial charge is 0.479 e. The Morgan fingerprint density at radius 2 is 1.86 bits per heavy atom. The van der Waals surface area contributed by atoms with Crippen LogP contribution in [-0.2, 0) is 0 Å². The van der Waals surface area contributed by atoms with Gasteiger partial charge in [-0.05, 0) is 18.2 Å². The smallest absolute Gasteiger partial charge is 0.314 e. The summed E-state index contributed by atoms with van der Waals surface area (Å²) in [6.07, 6.45) is 3.04. The first kappa shape index (κ1) is 8.90. The number of rotatable bonds is 1. The maximum atomic E-state index is 9.06. The van der Waals surface area contributed by atoms with Crippen molar-refractivity contribution in [3.05, 3.63) is 35.6 Å². The average Bonchev–Trinajstić information content (AvgIpc) is 2.18. The van der Waals surface area contributed by atoms with E-state index < -0.39 is 0 Å². The van der Waals surface area contributed by atoms with Crippen LogP contribution in [0.4, 0.5) is 0 Å². The van der Waals surface area contributed by atoms with Crippen LogP contribution in [0.2, 0.25) is 5.02 Å². The summed E-state index contributed by atoms with van der Waals surface area (Å²) in [6, 6.07) is 4.72. The van der Waals surface area contributed by atoms with Crippen molar-refractivity contribution in [3.8, 4) is 17.4 Å². The number of pyridine rings is 1. The van der Waals surface area contributed by atoms with Crippen molar-refractivity contribution < 1.29 is 5.11 Å². The Bertz CT molecular complexity index is 418. The van der Waals surface area contributed by atoms with E-state index >= 15 is 0 Å². The Balaban J connectivity index is 2.49. The molecule has 5 heteroatoms. The fourth-order valence-corrected chi connectivity index (χ4v) is 1.20. The van der Waals surface area contributed by atoms with E-state index in [9.17, 15) is 0 Å². The molecule has 0 fully saturated rings. The fourth-order valence-electron chi connectivity index (χ4n) is 1.04. The lowest BCUT2D eigenvalue weighted by Crippen LogP contribution is -1.88. The molecule has 0 aromatic carbocycles. The molecule has 2 heterocycles. The van der Waals surface area contributed by atoms with Gasteiger partial charge in [0.2, 0.25) is 0 Å². The van der Waals surface area contributed by atoms with E-state index in [0.717, 1.165) is 0 Å². The van der Waals surface area contributed by atoms with Gasteiger partial charge < -0.3 is 5.11 Å². The third-order valence-corrected chi connectivity index (χ3v) is 1.86. The first-order valence-electron chi connectivity index (χ1n) is 3.89. The molecule has 1 N–H and O–H groups in total. The van der Waals surface area contributed by atoms with Crippen LogP contribution in [-0.4, -0.2) is 20.1 Å². The van der Waals surface area contributed by atoms with Crippen LogP contribution in [0.1, 0.15) is 0 Å². The molecular formula is C9H6ClN3O. The van der Waals surface area contributed by atoms with Crippen LogP contribution in [0, 0.1) is 0 Å². The molecule has 4 nitrogen and oxygen atoms in total. The SMILES string of the molecule is Oc1nccc(-c2cc(Cl)ccn2)n1. The lowest BCUT2D eigenvalue weighted by atomic mass is 10.2. The minimum atomic E-state index is -0.274. The van der Waals surface area contributed by atoms with Gasteiger partial charge in [0.1, 0.15) is 0 Å². The van der Waals surface area contributed by atoms with E-state index in [4.69, 9.17) is 16.7 Å². The summed E-state index contributed by atoms with van der Waals surface area (Å²) in [4.78, 5) is 11.4. The molecule has 0 amide bonds. The highest BCUT2D eigenvalue weighted by Crippen LogP contribution is 2.18. The molecule has 0 aliphatic carbocycles. The van der Waals surface area contributed by atoms with Crippen molar-refractivity contribution in [3.63, 3.8) is 0 Å². The van der Waals surface area contributed by atoms with Crippen molar-refractivity contribution in [1.29, 1.82) is 0 Å². The third kappa shape index (κ3) is 1.80. The van der Waals surface area contributed by atoms with Crippen molar-refractivity contribution in [2.45, 2.75) is 0 Å². The number of hydrogen-bond donors (Lipinski definition) is 1. The summed E-state index contributed by atoms with van der Waals surface area (Å²) in [6.45, 7) is 0. The van der Waals surface area contributed by atoms with Gasteiger partial charge in [-0.1, -0.05) is 11.6 Å². The van der Waals surface area contributed by atoms with Crippen molar-refractivity contribution in [2.75, 3.05) is 0 Å². The van der Waals surface area contributed by atoms with Gasteiger partial charge in [0.25, 0.3) is 0 Å². The Morgan fingerprint density at radius 1 is 1.07 bits per heavy atom. The summed E-state index contributed by atoms with van der Waals surface area (Å²) < 4.78 is 0. The van der Waals surface area contributed by atoms with Gasteiger partial charge in [0.05, 0.1) is 11.4 Å². The standard InChI is InChI=1S/C9H6ClN3O/c10-6-1-3-11-8(5-6)7-2-4-12-9(14)13-7/h1-5H,(H,12,13,14). The van der Waals surface area contributed by atoms with E-state index in [-0.39, 0.29) is 6.01 Å². The summed E-state index contributed by atoms with van der Waals surface area (Å²) in [5.41, 5.74) is 1.15. The number of halogens is 1. The fraction of sp³-hybridized carbons (Fsp3) is 0. The van der Waals surface area contributed by atoms with Crippen LogP contribution >= 0.6 is 11.6 Å². The summed E-state index contributed by atoms with van der Waals surface area (Å²) in [7, 11) is 0. The molecular weight excluding hydrogens is 202 g/mol. The number of aromatic hydroxyl groups is 1. The predicted octanol–water partition coefficient (Wildman–Crippen LogP) is 1.90. The lowest BCUT2D eigenvalue weighted by molar-refractivity contribution is 0.431. The maximum Gasteiger partial charge on any atom is 0.314 e. The Morgan fingerprint density at radius 3 is 2.57 bits per heavy atom. The van der Waals surface area contributed by atoms with E-state index in [1.165, 1.54) is 6.20 Å². The predicted molar refractivity (Wildman–Crippen MR) is 51.9 cm³/mol. The molecule has 2 aromatic heterocycles. The van der Waals surface area contributed by atoms with E-state index in [0.29, 0.717) is 16.4 Å². The molecule has 0 bridgehead atoms. The van der Waals surface area contributed by atoms with Crippen molar-refractivity contribution in [2.24, 2.45) is 0 Å².